The van der Waals surface area contributed by atoms with Gasteiger partial charge in [-0.1, -0.05) is 0 Å². The zero-order valence-corrected chi connectivity index (χ0v) is 12.8. The summed E-state index contributed by atoms with van der Waals surface area (Å²) in [6.45, 7) is 3.94. The maximum absolute atomic E-state index is 12.4. The molecule has 0 unspecified atom stereocenters. The van der Waals surface area contributed by atoms with Gasteiger partial charge >= 0.3 is 0 Å². The first-order chi connectivity index (χ1) is 10.7. The van der Waals surface area contributed by atoms with Gasteiger partial charge in [-0.05, 0) is 50.9 Å². The summed E-state index contributed by atoms with van der Waals surface area (Å²) in [5.74, 6) is 0.902. The number of amides is 1. The van der Waals surface area contributed by atoms with Crippen LogP contribution in [-0.2, 0) is 4.79 Å². The monoisotopic (exact) mass is 299 g/mol. The Bertz CT molecular complexity index is 697. The van der Waals surface area contributed by atoms with E-state index in [1.807, 2.05) is 25.1 Å². The topological polar surface area (TPSA) is 58.4 Å². The summed E-state index contributed by atoms with van der Waals surface area (Å²) < 4.78 is 5.51. The highest BCUT2D eigenvalue weighted by atomic mass is 16.3. The molecule has 22 heavy (non-hydrogen) atoms. The van der Waals surface area contributed by atoms with Crippen molar-refractivity contribution < 1.29 is 9.21 Å². The van der Waals surface area contributed by atoms with Crippen molar-refractivity contribution in [3.8, 4) is 0 Å². The summed E-state index contributed by atoms with van der Waals surface area (Å²) in [5.41, 5.74) is 2.34. The van der Waals surface area contributed by atoms with E-state index in [2.05, 4.69) is 15.2 Å². The minimum absolute atomic E-state index is 0.127. The molecule has 4 rings (SSSR count). The molecule has 0 spiro atoms. The molecule has 1 amide bonds. The van der Waals surface area contributed by atoms with E-state index < -0.39 is 0 Å². The second kappa shape index (κ2) is 5.39. The lowest BCUT2D eigenvalue weighted by Crippen LogP contribution is -2.39. The molecular formula is C17H21N3O2. The average molecular weight is 299 g/mol. The molecule has 0 atom stereocenters. The molecule has 1 aliphatic heterocycles. The van der Waals surface area contributed by atoms with Gasteiger partial charge in [0, 0.05) is 30.6 Å². The van der Waals surface area contributed by atoms with Crippen LogP contribution in [0.4, 0.5) is 5.69 Å². The fourth-order valence-electron chi connectivity index (χ4n) is 3.33. The van der Waals surface area contributed by atoms with Crippen molar-refractivity contribution >= 4 is 22.7 Å². The van der Waals surface area contributed by atoms with Crippen LogP contribution in [0.25, 0.3) is 11.1 Å². The van der Waals surface area contributed by atoms with E-state index in [9.17, 15) is 4.79 Å². The van der Waals surface area contributed by atoms with Gasteiger partial charge < -0.3 is 14.6 Å². The third-order valence-electron chi connectivity index (χ3n) is 4.73. The molecule has 2 aromatic rings. The molecule has 116 valence electrons. The van der Waals surface area contributed by atoms with Crippen molar-refractivity contribution in [2.24, 2.45) is 5.92 Å². The van der Waals surface area contributed by atoms with Crippen molar-refractivity contribution in [2.45, 2.75) is 38.6 Å². The second-order valence-corrected chi connectivity index (χ2v) is 6.45. The number of aryl methyl sites for hydroxylation is 1. The van der Waals surface area contributed by atoms with E-state index >= 15 is 0 Å². The number of anilines is 1. The molecule has 1 N–H and O–H groups in total. The Morgan fingerprint density at radius 1 is 1.27 bits per heavy atom. The number of aromatic nitrogens is 1. The van der Waals surface area contributed by atoms with Gasteiger partial charge in [-0.25, -0.2) is 4.98 Å². The molecule has 1 saturated heterocycles. The van der Waals surface area contributed by atoms with Crippen LogP contribution in [0.3, 0.4) is 0 Å². The fourth-order valence-corrected chi connectivity index (χ4v) is 3.33. The van der Waals surface area contributed by atoms with E-state index in [0.29, 0.717) is 5.89 Å². The smallest absolute Gasteiger partial charge is 0.227 e. The molecule has 1 aliphatic carbocycles. The van der Waals surface area contributed by atoms with Crippen molar-refractivity contribution in [1.29, 1.82) is 0 Å². The lowest BCUT2D eigenvalue weighted by Gasteiger charge is -2.31. The normalized spacial score (nSPS) is 20.4. The molecule has 2 aliphatic rings. The molecule has 1 aromatic carbocycles. The number of benzene rings is 1. The van der Waals surface area contributed by atoms with Crippen molar-refractivity contribution in [3.63, 3.8) is 0 Å². The largest absolute Gasteiger partial charge is 0.441 e. The number of hydrogen-bond acceptors (Lipinski definition) is 4. The van der Waals surface area contributed by atoms with E-state index in [1.165, 1.54) is 12.8 Å². The van der Waals surface area contributed by atoms with Crippen LogP contribution in [0.1, 0.15) is 31.6 Å². The van der Waals surface area contributed by atoms with Gasteiger partial charge in [-0.15, -0.1) is 0 Å². The number of piperidine rings is 1. The predicted molar refractivity (Wildman–Crippen MR) is 84.7 cm³/mol. The van der Waals surface area contributed by atoms with Gasteiger partial charge in [0.15, 0.2) is 11.5 Å². The molecular weight excluding hydrogens is 278 g/mol. The SMILES string of the molecule is Cc1nc2ccc(NC(=O)C3CCN(C4CC4)CC3)cc2o1. The summed E-state index contributed by atoms with van der Waals surface area (Å²) >= 11 is 0. The number of carbonyl (C=O) groups excluding carboxylic acids is 1. The third kappa shape index (κ3) is 2.73. The van der Waals surface area contributed by atoms with E-state index in [1.54, 1.807) is 0 Å². The lowest BCUT2D eigenvalue weighted by molar-refractivity contribution is -0.121. The number of fused-ring (bicyclic) bond motifs is 1. The highest BCUT2D eigenvalue weighted by Gasteiger charge is 2.33. The van der Waals surface area contributed by atoms with Crippen LogP contribution in [0.2, 0.25) is 0 Å². The summed E-state index contributed by atoms with van der Waals surface area (Å²) in [4.78, 5) is 19.2. The summed E-state index contributed by atoms with van der Waals surface area (Å²) in [7, 11) is 0. The second-order valence-electron chi connectivity index (χ2n) is 6.45. The van der Waals surface area contributed by atoms with Gasteiger partial charge in [0.2, 0.25) is 5.91 Å². The first-order valence-electron chi connectivity index (χ1n) is 8.11. The lowest BCUT2D eigenvalue weighted by atomic mass is 9.95. The van der Waals surface area contributed by atoms with Gasteiger partial charge in [0.05, 0.1) is 0 Å². The van der Waals surface area contributed by atoms with Gasteiger partial charge in [-0.3, -0.25) is 4.79 Å². The standard InChI is InChI=1S/C17H21N3O2/c1-11-18-15-5-2-13(10-16(15)22-11)19-17(21)12-6-8-20(9-7-12)14-3-4-14/h2,5,10,12,14H,3-4,6-9H2,1H3,(H,19,21). The van der Waals surface area contributed by atoms with Crippen molar-refractivity contribution in [2.75, 3.05) is 18.4 Å². The maximum Gasteiger partial charge on any atom is 0.227 e. The van der Waals surface area contributed by atoms with Crippen LogP contribution in [0, 0.1) is 12.8 Å². The third-order valence-corrected chi connectivity index (χ3v) is 4.73. The Balaban J connectivity index is 1.39. The van der Waals surface area contributed by atoms with Crippen LogP contribution in [0.5, 0.6) is 0 Å². The average Bonchev–Trinajstić information content (AvgIpc) is 3.29. The zero-order valence-electron chi connectivity index (χ0n) is 12.8. The highest BCUT2D eigenvalue weighted by molar-refractivity contribution is 5.94. The first kappa shape index (κ1) is 13.8. The molecule has 0 radical (unpaired) electrons. The number of hydrogen-bond donors (Lipinski definition) is 1. The van der Waals surface area contributed by atoms with Gasteiger partial charge in [0.1, 0.15) is 5.52 Å². The predicted octanol–water partition coefficient (Wildman–Crippen LogP) is 2.95. The first-order valence-corrected chi connectivity index (χ1v) is 8.11. The minimum Gasteiger partial charge on any atom is -0.441 e. The van der Waals surface area contributed by atoms with Gasteiger partial charge in [-0.2, -0.15) is 0 Å². The number of oxazole rings is 1. The molecule has 5 heteroatoms. The summed E-state index contributed by atoms with van der Waals surface area (Å²) in [6.07, 6.45) is 4.61. The highest BCUT2D eigenvalue weighted by Crippen LogP contribution is 2.31. The quantitative estimate of drug-likeness (QED) is 0.946. The summed E-state index contributed by atoms with van der Waals surface area (Å²) in [6, 6.07) is 6.44. The van der Waals surface area contributed by atoms with Crippen LogP contribution in [-0.4, -0.2) is 34.9 Å². The molecule has 2 fully saturated rings. The van der Waals surface area contributed by atoms with Crippen LogP contribution >= 0.6 is 0 Å². The molecule has 2 heterocycles. The molecule has 0 bridgehead atoms. The number of nitrogens with one attached hydrogen (secondary N) is 1. The molecule has 1 saturated carbocycles. The van der Waals surface area contributed by atoms with Crippen molar-refractivity contribution in [3.05, 3.63) is 24.1 Å². The Morgan fingerprint density at radius 3 is 2.77 bits per heavy atom. The van der Waals surface area contributed by atoms with E-state index in [4.69, 9.17) is 4.42 Å². The number of likely N-dealkylation sites (tertiary alicyclic amines) is 1. The summed E-state index contributed by atoms with van der Waals surface area (Å²) in [5, 5.41) is 3.03. The molecule has 5 nitrogen and oxygen atoms in total. The fraction of sp³-hybridized carbons (Fsp3) is 0.529. The number of rotatable bonds is 3. The van der Waals surface area contributed by atoms with Crippen molar-refractivity contribution in [1.82, 2.24) is 9.88 Å². The zero-order chi connectivity index (χ0) is 15.1. The van der Waals surface area contributed by atoms with Gasteiger partial charge in [0.25, 0.3) is 0 Å². The van der Waals surface area contributed by atoms with E-state index in [-0.39, 0.29) is 11.8 Å². The Hall–Kier alpha value is -1.88. The minimum atomic E-state index is 0.127. The van der Waals surface area contributed by atoms with Crippen LogP contribution < -0.4 is 5.32 Å². The molecule has 1 aromatic heterocycles. The number of carbonyl (C=O) groups is 1. The van der Waals surface area contributed by atoms with E-state index in [0.717, 1.165) is 48.8 Å². The Kier molecular flexibility index (Phi) is 3.37. The Morgan fingerprint density at radius 2 is 2.05 bits per heavy atom. The Labute approximate surface area is 129 Å². The van der Waals surface area contributed by atoms with Crippen LogP contribution in [0.15, 0.2) is 22.6 Å². The number of nitrogens with zero attached hydrogens (tertiary/aromatic N) is 2. The maximum atomic E-state index is 12.4.